The van der Waals surface area contributed by atoms with Gasteiger partial charge in [-0.15, -0.1) is 0 Å². The van der Waals surface area contributed by atoms with E-state index in [1.54, 1.807) is 23.7 Å². The molecule has 1 aromatic heterocycles. The lowest BCUT2D eigenvalue weighted by Crippen LogP contribution is -2.28. The number of hydrogen-bond donors (Lipinski definition) is 1. The molecule has 1 aromatic carbocycles. The molecule has 0 bridgehead atoms. The van der Waals surface area contributed by atoms with Crippen LogP contribution in [-0.2, 0) is 30.0 Å². The Hall–Kier alpha value is -1.86. The van der Waals surface area contributed by atoms with Crippen LogP contribution in [0.1, 0.15) is 11.3 Å². The molecule has 2 aromatic rings. The number of nitrogens with two attached hydrogens (primary N) is 1. The van der Waals surface area contributed by atoms with E-state index < -0.39 is 15.8 Å². The van der Waals surface area contributed by atoms with Crippen molar-refractivity contribution in [2.45, 2.75) is 17.9 Å². The highest BCUT2D eigenvalue weighted by Gasteiger charge is 2.32. The molecule has 0 aliphatic carbocycles. The van der Waals surface area contributed by atoms with Crippen molar-refractivity contribution in [1.29, 1.82) is 0 Å². The summed E-state index contributed by atoms with van der Waals surface area (Å²) in [6.45, 7) is 0.588. The molecule has 0 radical (unpaired) electrons. The quantitative estimate of drug-likeness (QED) is 0.931. The summed E-state index contributed by atoms with van der Waals surface area (Å²) in [5.74, 6) is -0.438. The smallest absolute Gasteiger partial charge is 0.265 e. The van der Waals surface area contributed by atoms with Crippen LogP contribution < -0.4 is 10.0 Å². The van der Waals surface area contributed by atoms with Gasteiger partial charge in [0.1, 0.15) is 10.7 Å². The van der Waals surface area contributed by atoms with Gasteiger partial charge in [0.15, 0.2) is 0 Å². The number of anilines is 1. The topological polar surface area (TPSA) is 68.3 Å². The number of halogens is 1. The summed E-state index contributed by atoms with van der Waals surface area (Å²) in [6, 6.07) is 5.82. The first kappa shape index (κ1) is 14.1. The van der Waals surface area contributed by atoms with Crippen molar-refractivity contribution < 1.29 is 12.8 Å². The zero-order chi connectivity index (χ0) is 15.2. The molecule has 7 heteroatoms. The van der Waals surface area contributed by atoms with Crippen molar-refractivity contribution in [2.24, 2.45) is 12.8 Å². The Morgan fingerprint density at radius 1 is 1.33 bits per heavy atom. The molecule has 0 saturated carbocycles. The Kier molecular flexibility index (Phi) is 3.26. The van der Waals surface area contributed by atoms with E-state index in [-0.39, 0.29) is 11.4 Å². The molecule has 2 N–H and O–H groups in total. The van der Waals surface area contributed by atoms with Gasteiger partial charge in [0.25, 0.3) is 10.0 Å². The van der Waals surface area contributed by atoms with Crippen LogP contribution >= 0.6 is 0 Å². The summed E-state index contributed by atoms with van der Waals surface area (Å²) in [5.41, 5.74) is 7.57. The van der Waals surface area contributed by atoms with Crippen molar-refractivity contribution >= 4 is 15.7 Å². The van der Waals surface area contributed by atoms with Crippen molar-refractivity contribution in [3.63, 3.8) is 0 Å². The van der Waals surface area contributed by atoms with E-state index in [0.717, 1.165) is 11.3 Å². The van der Waals surface area contributed by atoms with Crippen molar-refractivity contribution in [3.8, 4) is 0 Å². The van der Waals surface area contributed by atoms with Gasteiger partial charge in [-0.25, -0.2) is 12.8 Å². The number of rotatable bonds is 3. The van der Waals surface area contributed by atoms with Crippen LogP contribution in [0.5, 0.6) is 0 Å². The molecule has 21 heavy (non-hydrogen) atoms. The number of benzene rings is 1. The second-order valence-electron chi connectivity index (χ2n) is 5.08. The van der Waals surface area contributed by atoms with Crippen LogP contribution in [0.4, 0.5) is 10.1 Å². The van der Waals surface area contributed by atoms with E-state index in [9.17, 15) is 12.8 Å². The number of nitrogens with zero attached hydrogens (tertiary/aromatic N) is 2. The van der Waals surface area contributed by atoms with Gasteiger partial charge < -0.3 is 10.3 Å². The van der Waals surface area contributed by atoms with Gasteiger partial charge in [-0.3, -0.25) is 4.31 Å². The molecule has 0 spiro atoms. The minimum atomic E-state index is -3.69. The van der Waals surface area contributed by atoms with Crippen molar-refractivity contribution in [3.05, 3.63) is 47.5 Å². The average molecular weight is 309 g/mol. The number of hydrogen-bond acceptors (Lipinski definition) is 3. The molecular weight excluding hydrogens is 293 g/mol. The Morgan fingerprint density at radius 3 is 2.76 bits per heavy atom. The summed E-state index contributed by atoms with van der Waals surface area (Å²) in [6.07, 6.45) is 2.13. The largest absolute Gasteiger partial charge is 0.352 e. The van der Waals surface area contributed by atoms with Gasteiger partial charge in [-0.1, -0.05) is 6.07 Å². The molecule has 0 fully saturated rings. The van der Waals surface area contributed by atoms with Gasteiger partial charge >= 0.3 is 0 Å². The lowest BCUT2D eigenvalue weighted by Gasteiger charge is -2.18. The lowest BCUT2D eigenvalue weighted by atomic mass is 10.2. The van der Waals surface area contributed by atoms with Gasteiger partial charge in [0.05, 0.1) is 5.69 Å². The maximum atomic E-state index is 13.4. The second kappa shape index (κ2) is 4.85. The lowest BCUT2D eigenvalue weighted by molar-refractivity contribution is 0.592. The molecule has 1 aliphatic rings. The fourth-order valence-corrected chi connectivity index (χ4v) is 4.21. The minimum absolute atomic E-state index is 0.183. The molecule has 0 saturated heterocycles. The molecule has 1 aliphatic heterocycles. The Bertz CT molecular complexity index is 799. The van der Waals surface area contributed by atoms with Gasteiger partial charge in [-0.2, -0.15) is 0 Å². The molecule has 0 atom stereocenters. The van der Waals surface area contributed by atoms with Crippen LogP contribution in [-0.4, -0.2) is 19.5 Å². The third-order valence-corrected chi connectivity index (χ3v) is 5.56. The van der Waals surface area contributed by atoms with E-state index in [0.29, 0.717) is 18.7 Å². The van der Waals surface area contributed by atoms with Crippen LogP contribution in [0.15, 0.2) is 35.4 Å². The Balaban J connectivity index is 2.06. The van der Waals surface area contributed by atoms with E-state index in [1.165, 1.54) is 22.6 Å². The van der Waals surface area contributed by atoms with Crippen molar-refractivity contribution in [2.75, 3.05) is 10.8 Å². The molecule has 0 unspecified atom stereocenters. The number of aromatic nitrogens is 1. The van der Waals surface area contributed by atoms with Crippen LogP contribution in [0.25, 0.3) is 0 Å². The highest BCUT2D eigenvalue weighted by atomic mass is 32.2. The summed E-state index contributed by atoms with van der Waals surface area (Å²) >= 11 is 0. The van der Waals surface area contributed by atoms with Gasteiger partial charge in [-0.05, 0) is 30.2 Å². The predicted octanol–water partition coefficient (Wildman–Crippen LogP) is 1.37. The maximum absolute atomic E-state index is 13.4. The molecular formula is C14H16FN3O2S. The first-order chi connectivity index (χ1) is 9.93. The van der Waals surface area contributed by atoms with Crippen LogP contribution in [0.2, 0.25) is 0 Å². The third kappa shape index (κ3) is 2.22. The standard InChI is InChI=1S/C14H16FN3O2S/c1-17-9-13(7-12(17)8-16)21(19,20)18-5-4-10-2-3-11(15)6-14(10)18/h2-3,6-7,9H,4-5,8,16H2,1H3. The number of fused-ring (bicyclic) bond motifs is 1. The normalized spacial score (nSPS) is 14.5. The third-order valence-electron chi connectivity index (χ3n) is 3.78. The van der Waals surface area contributed by atoms with Gasteiger partial charge in [0, 0.05) is 32.0 Å². The molecule has 112 valence electrons. The first-order valence-electron chi connectivity index (χ1n) is 6.60. The second-order valence-corrected chi connectivity index (χ2v) is 6.94. The summed E-state index contributed by atoms with van der Waals surface area (Å²) < 4.78 is 41.8. The average Bonchev–Trinajstić information content (AvgIpc) is 3.02. The predicted molar refractivity (Wildman–Crippen MR) is 77.9 cm³/mol. The van der Waals surface area contributed by atoms with E-state index >= 15 is 0 Å². The SMILES string of the molecule is Cn1cc(S(=O)(=O)N2CCc3ccc(F)cc32)cc1CN. The fourth-order valence-electron chi connectivity index (χ4n) is 2.62. The van der Waals surface area contributed by atoms with E-state index in [2.05, 4.69) is 0 Å². The Morgan fingerprint density at radius 2 is 2.10 bits per heavy atom. The van der Waals surface area contributed by atoms with Crippen molar-refractivity contribution in [1.82, 2.24) is 4.57 Å². The zero-order valence-corrected chi connectivity index (χ0v) is 12.4. The first-order valence-corrected chi connectivity index (χ1v) is 8.04. The molecule has 2 heterocycles. The fraction of sp³-hybridized carbons (Fsp3) is 0.286. The van der Waals surface area contributed by atoms with Crippen LogP contribution in [0, 0.1) is 5.82 Å². The molecule has 5 nitrogen and oxygen atoms in total. The monoisotopic (exact) mass is 309 g/mol. The van der Waals surface area contributed by atoms with E-state index in [4.69, 9.17) is 5.73 Å². The molecule has 3 rings (SSSR count). The highest BCUT2D eigenvalue weighted by molar-refractivity contribution is 7.92. The van der Waals surface area contributed by atoms with Gasteiger partial charge in [0.2, 0.25) is 0 Å². The summed E-state index contributed by atoms with van der Waals surface area (Å²) in [4.78, 5) is 0.183. The number of aryl methyl sites for hydroxylation is 1. The summed E-state index contributed by atoms with van der Waals surface area (Å²) in [7, 11) is -1.94. The van der Waals surface area contributed by atoms with Crippen LogP contribution in [0.3, 0.4) is 0 Å². The minimum Gasteiger partial charge on any atom is -0.352 e. The van der Waals surface area contributed by atoms with E-state index in [1.807, 2.05) is 0 Å². The molecule has 0 amide bonds. The number of sulfonamides is 1. The maximum Gasteiger partial charge on any atom is 0.265 e. The Labute approximate surface area is 122 Å². The highest BCUT2D eigenvalue weighted by Crippen LogP contribution is 2.33. The summed E-state index contributed by atoms with van der Waals surface area (Å²) in [5, 5.41) is 0. The zero-order valence-electron chi connectivity index (χ0n) is 11.6.